The van der Waals surface area contributed by atoms with E-state index in [1.165, 1.54) is 0 Å². The number of aliphatic hydroxyl groups is 31. The lowest BCUT2D eigenvalue weighted by Crippen LogP contribution is -2.71. The fourth-order valence-corrected chi connectivity index (χ4v) is 17.4. The van der Waals surface area contributed by atoms with Crippen molar-refractivity contribution in [3.63, 3.8) is 0 Å². The van der Waals surface area contributed by atoms with Gasteiger partial charge < -0.3 is 279 Å². The summed E-state index contributed by atoms with van der Waals surface area (Å²) in [7, 11) is 0. The molecular formula is C74H124N4O56. The van der Waals surface area contributed by atoms with Gasteiger partial charge >= 0.3 is 0 Å². The Kier molecular flexibility index (Phi) is 39.7. The average Bonchev–Trinajstić information content (AvgIpc) is 0.766. The predicted octanol–water partition coefficient (Wildman–Crippen LogP) is -24.4. The topological polar surface area (TPSA) is 937 Å². The van der Waals surface area contributed by atoms with Gasteiger partial charge in [0.25, 0.3) is 0 Å². The van der Waals surface area contributed by atoms with E-state index in [0.717, 1.165) is 27.7 Å². The molecule has 0 aromatic carbocycles. The van der Waals surface area contributed by atoms with Crippen molar-refractivity contribution in [3.8, 4) is 0 Å². The molecule has 11 rings (SSSR count). The van der Waals surface area contributed by atoms with Crippen LogP contribution in [0.1, 0.15) is 27.7 Å². The van der Waals surface area contributed by atoms with E-state index in [2.05, 4.69) is 21.3 Å². The largest absolute Gasteiger partial charge is 0.394 e. The van der Waals surface area contributed by atoms with E-state index >= 15 is 0 Å². The number of amides is 4. The fraction of sp³-hybridized carbons (Fsp3) is 0.946. The highest BCUT2D eigenvalue weighted by Crippen LogP contribution is 2.42. The van der Waals surface area contributed by atoms with Gasteiger partial charge in [-0.05, 0) is 0 Å². The number of carbonyl (C=O) groups excluding carboxylic acids is 4. The first kappa shape index (κ1) is 110. The molecule has 0 aliphatic carbocycles. The second-order valence-electron chi connectivity index (χ2n) is 33.8. The zero-order valence-corrected chi connectivity index (χ0v) is 71.6. The van der Waals surface area contributed by atoms with Gasteiger partial charge in [0.05, 0.1) is 72.7 Å². The van der Waals surface area contributed by atoms with Crippen molar-refractivity contribution in [2.45, 2.75) is 365 Å². The van der Waals surface area contributed by atoms with Crippen molar-refractivity contribution in [1.29, 1.82) is 0 Å². The molecule has 0 bridgehead atoms. The Labute approximate surface area is 757 Å². The van der Waals surface area contributed by atoms with Crippen LogP contribution in [0.4, 0.5) is 0 Å². The average molecular weight is 1970 g/mol. The summed E-state index contributed by atoms with van der Waals surface area (Å²) < 4.78 is 123. The molecule has 0 unspecified atom stereocenters. The molecule has 60 nitrogen and oxygen atoms in total. The van der Waals surface area contributed by atoms with Crippen LogP contribution in [0.3, 0.4) is 0 Å². The minimum Gasteiger partial charge on any atom is -0.394 e. The monoisotopic (exact) mass is 1960 g/mol. The van der Waals surface area contributed by atoms with Crippen LogP contribution in [0.5, 0.6) is 0 Å². The van der Waals surface area contributed by atoms with Crippen LogP contribution in [0.15, 0.2) is 0 Å². The summed E-state index contributed by atoms with van der Waals surface area (Å²) in [5.74, 6) is -3.73. The Morgan fingerprint density at radius 2 is 0.396 bits per heavy atom. The first-order chi connectivity index (χ1) is 63.5. The zero-order valence-electron chi connectivity index (χ0n) is 71.6. The molecule has 0 saturated carbocycles. The lowest BCUT2D eigenvalue weighted by atomic mass is 9.93. The summed E-state index contributed by atoms with van der Waals surface area (Å²) in [5, 5.41) is 354. The number of hydrogen-bond donors (Lipinski definition) is 35. The zero-order chi connectivity index (χ0) is 98.5. The molecule has 134 heavy (non-hydrogen) atoms. The summed E-state index contributed by atoms with van der Waals surface area (Å²) in [4.78, 5) is 51.3. The molecule has 0 aromatic rings. The number of nitrogens with one attached hydrogen (secondary N) is 4. The summed E-state index contributed by atoms with van der Waals surface area (Å²) in [6.07, 6.45) is -107. The Morgan fingerprint density at radius 3 is 0.694 bits per heavy atom. The van der Waals surface area contributed by atoms with Gasteiger partial charge in [-0.15, -0.1) is 0 Å². The fourth-order valence-electron chi connectivity index (χ4n) is 17.4. The summed E-state index contributed by atoms with van der Waals surface area (Å²) in [6, 6.07) is -7.57. The van der Waals surface area contributed by atoms with E-state index in [1.54, 1.807) is 0 Å². The third kappa shape index (κ3) is 24.0. The SMILES string of the molecule is CC(=O)N[C@@H]1[C@@H](O)[C@H](O[C@@H]2O[C@H](CO)[C@@H](O[C@@H]3O[C@H](CO[C@H]4O[C@H](CO)[C@@H](O)[C@H](O)[C@@H]4O[C@@H]4O[C@H](CO)[C@@H](O[C@@H]5O[C@H](CO)[C@H](O[C@@H]6O[C@H](CO)[C@H](O)[C@H](O)[C@H]6O)[C@H](O)[C@H]5O)[C@H](O)[C@H]4NC(C)=O)[C@@H](O)[C@H](O[C@H]4O[C@H](CO)[C@@H](O[C@@H]5O[C@H](CO)[C@@H](O[C@@H]6O[C@H](CO)[C@H](O[C@@H]7O[C@H](CO)[C@H](O)[C@H](O)[C@H]7O)[C@H](O)[C@H]6O)[C@H](O)[C@H]5NC(C)=O)[C@H](O)[C@@H]4O)[C@@H]3O)[C@H](O)[C@H]2NC(C)=O)[C@@H](CO)O[C@H]1O. The smallest absolute Gasteiger partial charge is 0.217 e. The maximum atomic E-state index is 13.1. The lowest BCUT2D eigenvalue weighted by Gasteiger charge is -2.51. The molecule has 11 aliphatic heterocycles. The second kappa shape index (κ2) is 48.3. The Morgan fingerprint density at radius 1 is 0.194 bits per heavy atom. The number of rotatable bonds is 35. The van der Waals surface area contributed by atoms with E-state index in [9.17, 15) is 177 Å². The molecule has 11 aliphatic rings. The van der Waals surface area contributed by atoms with E-state index < -0.39 is 434 Å². The van der Waals surface area contributed by atoms with Gasteiger partial charge in [0.15, 0.2) is 69.2 Å². The molecule has 4 amide bonds. The Balaban J connectivity index is 0.847. The first-order valence-electron chi connectivity index (χ1n) is 42.7. The molecular weight excluding hydrogens is 1840 g/mol. The van der Waals surface area contributed by atoms with Gasteiger partial charge in [-0.2, -0.15) is 0 Å². The van der Waals surface area contributed by atoms with E-state index in [-0.39, 0.29) is 0 Å². The standard InChI is InChI=1S/C74H124N4O56/c1-16(89)75-31-39(97)55(23(8-82)115-64(31)113)126-65-32(76-17(2)90)41(99)58(26(11-85)119-65)130-73-54(112)62(133-72-53(111)46(104)59(27(12-86)124-72)127-66-33(77-18(3)91)40(98)56(24(9-83)120-66)128-70-51(109)47(105)60(28(13-87)122-70)131-68-49(107)43(101)35(93)20(5-79)116-68)38(96)30(125-73)15-114-74-63(45(103)37(95)22(7-81)118-74)134-67-34(78-19(4)92)42(100)57(25(10-84)121-67)129-71-52(110)48(106)61(29(14-88)123-71)132-69-50(108)44(102)36(94)21(6-80)117-69/h20-74,79-88,93-113H,5-15H2,1-4H3,(H,75,89)(H,76,90)(H,77,91)(H,78,92)/t20-,21-,22-,23-,24-,25-,26-,27-,28-,29-,30-,31-,32-,33-,34-,35+,36+,37-,38-,39-,40-,41-,42-,43+,44+,45+,46-,47-,48-,49-,50-,51-,52-,53+,54+,55-,56-,57-,58-,59-,60+,61+,62+,63+,64-,65+,66+,67+,68+,69+,70+,71+,72-,73+,74+/m1/s1. The molecule has 11 fully saturated rings. The number of ether oxygens (including phenoxy) is 21. The van der Waals surface area contributed by atoms with Crippen LogP contribution < -0.4 is 21.3 Å². The van der Waals surface area contributed by atoms with Crippen LogP contribution >= 0.6 is 0 Å². The quantitative estimate of drug-likeness (QED) is 0.0280. The predicted molar refractivity (Wildman–Crippen MR) is 409 cm³/mol. The van der Waals surface area contributed by atoms with Crippen LogP contribution in [-0.2, 0) is 119 Å². The molecule has 0 aromatic heterocycles. The minimum atomic E-state index is -2.59. The van der Waals surface area contributed by atoms with Crippen LogP contribution in [0.25, 0.3) is 0 Å². The number of carbonyl (C=O) groups is 4. The molecule has 55 atom stereocenters. The maximum Gasteiger partial charge on any atom is 0.217 e. The normalized spacial score (nSPS) is 49.8. The summed E-state index contributed by atoms with van der Waals surface area (Å²) in [6.45, 7) is -8.56. The first-order valence-corrected chi connectivity index (χ1v) is 42.7. The Bertz CT molecular complexity index is 3640. The van der Waals surface area contributed by atoms with Gasteiger partial charge in [0.2, 0.25) is 23.6 Å². The van der Waals surface area contributed by atoms with Crippen molar-refractivity contribution in [2.24, 2.45) is 0 Å². The lowest BCUT2D eigenvalue weighted by molar-refractivity contribution is -0.395. The number of hydrogen-bond acceptors (Lipinski definition) is 56. The molecule has 11 saturated heterocycles. The van der Waals surface area contributed by atoms with Gasteiger partial charge in [-0.25, -0.2) is 0 Å². The van der Waals surface area contributed by atoms with Crippen molar-refractivity contribution < 1.29 is 277 Å². The van der Waals surface area contributed by atoms with Gasteiger partial charge in [0, 0.05) is 27.7 Å². The second-order valence-corrected chi connectivity index (χ2v) is 33.8. The van der Waals surface area contributed by atoms with E-state index in [1.807, 2.05) is 0 Å². The van der Waals surface area contributed by atoms with Gasteiger partial charge in [-0.3, -0.25) is 19.2 Å². The summed E-state index contributed by atoms with van der Waals surface area (Å²) in [5.41, 5.74) is 0. The van der Waals surface area contributed by atoms with Crippen LogP contribution in [-0.4, -0.2) is 592 Å². The molecule has 776 valence electrons. The highest BCUT2D eigenvalue weighted by Gasteiger charge is 2.63. The van der Waals surface area contributed by atoms with Gasteiger partial charge in [-0.1, -0.05) is 0 Å². The molecule has 11 heterocycles. The van der Waals surface area contributed by atoms with E-state index in [4.69, 9.17) is 99.5 Å². The number of aliphatic hydroxyl groups excluding tert-OH is 31. The van der Waals surface area contributed by atoms with Crippen molar-refractivity contribution in [2.75, 3.05) is 72.7 Å². The van der Waals surface area contributed by atoms with Crippen molar-refractivity contribution in [3.05, 3.63) is 0 Å². The van der Waals surface area contributed by atoms with Crippen molar-refractivity contribution in [1.82, 2.24) is 21.3 Å². The third-order valence-corrected chi connectivity index (χ3v) is 24.6. The maximum absolute atomic E-state index is 13.1. The van der Waals surface area contributed by atoms with Crippen LogP contribution in [0.2, 0.25) is 0 Å². The van der Waals surface area contributed by atoms with Crippen molar-refractivity contribution >= 4 is 23.6 Å². The van der Waals surface area contributed by atoms with E-state index in [0.29, 0.717) is 0 Å². The molecule has 35 N–H and O–H groups in total. The highest BCUT2D eigenvalue weighted by atomic mass is 16.8. The van der Waals surface area contributed by atoms with Gasteiger partial charge in [0.1, 0.15) is 268 Å². The Hall–Kier alpha value is -4.20. The molecule has 60 heteroatoms. The highest BCUT2D eigenvalue weighted by molar-refractivity contribution is 5.74. The third-order valence-electron chi connectivity index (χ3n) is 24.6. The van der Waals surface area contributed by atoms with Crippen LogP contribution in [0, 0.1) is 0 Å². The summed E-state index contributed by atoms with van der Waals surface area (Å²) >= 11 is 0. The molecule has 0 spiro atoms. The minimum absolute atomic E-state index is 0.806. The molecule has 0 radical (unpaired) electrons.